The Kier molecular flexibility index (Phi) is 58.8. The molecule has 9 nitrogen and oxygen atoms in total. The maximum Gasteiger partial charge on any atom is 0.330 e. The summed E-state index contributed by atoms with van der Waals surface area (Å²) in [5.74, 6) is -0.272. The number of carbonyl (C=O) groups excluding carboxylic acids is 2. The number of carbonyl (C=O) groups is 2. The maximum absolute atomic E-state index is 12.6. The summed E-state index contributed by atoms with van der Waals surface area (Å²) in [5, 5.41) is 25.9. The lowest BCUT2D eigenvalue weighted by molar-refractivity contribution is -0.137. The summed E-state index contributed by atoms with van der Waals surface area (Å²) in [4.78, 5) is 30.5. The molecule has 0 aromatic carbocycles. The average molecular weight is 1040 g/mol. The van der Waals surface area contributed by atoms with Crippen LogP contribution in [0, 0.1) is 0 Å². The van der Waals surface area contributed by atoms with Gasteiger partial charge in [0.05, 0.1) is 18.8 Å². The van der Waals surface area contributed by atoms with Crippen molar-refractivity contribution in [3.8, 4) is 0 Å². The number of nitrogens with zero attached hydrogens (tertiary/aromatic N) is 3. The number of aliphatic hydroxyl groups is 2. The van der Waals surface area contributed by atoms with Gasteiger partial charge in [-0.1, -0.05) is 263 Å². The van der Waals surface area contributed by atoms with Gasteiger partial charge in [-0.2, -0.15) is 0 Å². The SMILES string of the molecule is C/C=C/CN(C/C=C/C(=O)OCCCCCCCCCCCCCCC)CC(O)CN(CCCCCCCCCCCCCC)CCCCN(CCCCCCCCCCCCCC)CC(O)CNC/C=C/C=O. The molecule has 2 atom stereocenters. The van der Waals surface area contributed by atoms with Crippen LogP contribution in [0.2, 0.25) is 0 Å². The van der Waals surface area contributed by atoms with Crippen LogP contribution in [0.15, 0.2) is 36.5 Å². The zero-order chi connectivity index (χ0) is 53.9. The molecular formula is C65H126N4O5. The summed E-state index contributed by atoms with van der Waals surface area (Å²) in [6, 6.07) is 0. The molecule has 0 saturated heterocycles. The van der Waals surface area contributed by atoms with Gasteiger partial charge >= 0.3 is 5.97 Å². The van der Waals surface area contributed by atoms with Crippen molar-refractivity contribution in [2.45, 2.75) is 290 Å². The van der Waals surface area contributed by atoms with Crippen LogP contribution < -0.4 is 5.32 Å². The number of esters is 1. The van der Waals surface area contributed by atoms with Crippen molar-refractivity contribution >= 4 is 12.3 Å². The molecule has 0 heterocycles. The molecule has 0 radical (unpaired) electrons. The third-order valence-corrected chi connectivity index (χ3v) is 14.8. The Morgan fingerprint density at radius 2 is 0.784 bits per heavy atom. The number of allylic oxidation sites excluding steroid dienone is 2. The van der Waals surface area contributed by atoms with E-state index in [-0.39, 0.29) is 5.97 Å². The molecule has 0 rings (SSSR count). The first-order chi connectivity index (χ1) is 36.4. The van der Waals surface area contributed by atoms with Gasteiger partial charge in [0.25, 0.3) is 0 Å². The van der Waals surface area contributed by atoms with Crippen molar-refractivity contribution in [2.75, 3.05) is 78.6 Å². The Labute approximate surface area is 460 Å². The smallest absolute Gasteiger partial charge is 0.330 e. The molecule has 3 N–H and O–H groups in total. The van der Waals surface area contributed by atoms with Gasteiger partial charge in [-0.25, -0.2) is 4.79 Å². The number of hydrogen-bond acceptors (Lipinski definition) is 9. The third kappa shape index (κ3) is 54.9. The molecule has 436 valence electrons. The highest BCUT2D eigenvalue weighted by Gasteiger charge is 2.17. The van der Waals surface area contributed by atoms with Crippen molar-refractivity contribution in [2.24, 2.45) is 0 Å². The second kappa shape index (κ2) is 60.4. The summed E-state index contributed by atoms with van der Waals surface area (Å²) in [6.07, 6.45) is 61.7. The van der Waals surface area contributed by atoms with E-state index in [1.54, 1.807) is 12.2 Å². The summed E-state index contributed by atoms with van der Waals surface area (Å²) >= 11 is 0. The van der Waals surface area contributed by atoms with E-state index in [0.717, 1.165) is 77.5 Å². The molecule has 0 aliphatic heterocycles. The average Bonchev–Trinajstić information content (AvgIpc) is 3.39. The highest BCUT2D eigenvalue weighted by atomic mass is 16.5. The fraction of sp³-hybridized carbons (Fsp3) is 0.877. The van der Waals surface area contributed by atoms with Gasteiger partial charge in [0, 0.05) is 51.9 Å². The maximum atomic E-state index is 12.6. The quantitative estimate of drug-likeness (QED) is 0.0181. The van der Waals surface area contributed by atoms with Crippen LogP contribution in [0.3, 0.4) is 0 Å². The van der Waals surface area contributed by atoms with Gasteiger partial charge in [-0.3, -0.25) is 9.69 Å². The van der Waals surface area contributed by atoms with Gasteiger partial charge < -0.3 is 30.1 Å². The zero-order valence-electron chi connectivity index (χ0n) is 49.7. The Bertz CT molecular complexity index is 1230. The van der Waals surface area contributed by atoms with E-state index in [1.165, 1.54) is 218 Å². The molecule has 0 aliphatic rings. The predicted octanol–water partition coefficient (Wildman–Crippen LogP) is 15.9. The van der Waals surface area contributed by atoms with Crippen LogP contribution in [0.25, 0.3) is 0 Å². The van der Waals surface area contributed by atoms with E-state index < -0.39 is 12.2 Å². The van der Waals surface area contributed by atoms with Crippen molar-refractivity contribution in [3.05, 3.63) is 36.5 Å². The lowest BCUT2D eigenvalue weighted by Crippen LogP contribution is -2.41. The molecule has 0 aliphatic carbocycles. The molecule has 0 aromatic rings. The van der Waals surface area contributed by atoms with Crippen molar-refractivity contribution in [1.29, 1.82) is 0 Å². The van der Waals surface area contributed by atoms with E-state index in [4.69, 9.17) is 4.74 Å². The molecule has 2 unspecified atom stereocenters. The number of aldehydes is 1. The Morgan fingerprint density at radius 3 is 1.18 bits per heavy atom. The zero-order valence-corrected chi connectivity index (χ0v) is 49.7. The first kappa shape index (κ1) is 72.1. The fourth-order valence-electron chi connectivity index (χ4n) is 10.2. The molecule has 0 spiro atoms. The molecule has 0 amide bonds. The monoisotopic (exact) mass is 1040 g/mol. The standard InChI is InChI=1S/C65H126N4O5/c1-5-9-13-16-19-22-25-28-31-34-37-40-47-58-74-65(73)49-48-56-67(51-12-8-4)61-64(72)62-69(53-43-39-36-33-30-27-24-21-18-15-11-7-3)55-45-44-54-68(60-63(71)59-66-50-41-46-57-70)52-42-38-35-32-29-26-23-20-17-14-10-6-2/h8,12,41,46,48-49,57,63-64,66,71-72H,5-7,9-11,13-40,42-45,47,50-56,58-62H2,1-4H3/b12-8+,46-41+,49-48+. The van der Waals surface area contributed by atoms with Crippen molar-refractivity contribution < 1.29 is 24.5 Å². The van der Waals surface area contributed by atoms with E-state index in [1.807, 2.05) is 13.0 Å². The summed E-state index contributed by atoms with van der Waals surface area (Å²) in [6.45, 7) is 17.5. The molecular weight excluding hydrogens is 917 g/mol. The van der Waals surface area contributed by atoms with E-state index >= 15 is 0 Å². The molecule has 0 bridgehead atoms. The molecule has 74 heavy (non-hydrogen) atoms. The Morgan fingerprint density at radius 1 is 0.446 bits per heavy atom. The number of hydrogen-bond donors (Lipinski definition) is 3. The normalized spacial score (nSPS) is 13.0. The second-order valence-electron chi connectivity index (χ2n) is 22.2. The summed E-state index contributed by atoms with van der Waals surface area (Å²) < 4.78 is 5.55. The number of ether oxygens (including phenoxy) is 1. The minimum absolute atomic E-state index is 0.272. The molecule has 0 fully saturated rings. The Hall–Kier alpha value is -1.88. The van der Waals surface area contributed by atoms with E-state index in [9.17, 15) is 19.8 Å². The molecule has 9 heteroatoms. The van der Waals surface area contributed by atoms with Gasteiger partial charge in [0.1, 0.15) is 6.29 Å². The Balaban J connectivity index is 5.19. The van der Waals surface area contributed by atoms with Crippen molar-refractivity contribution in [3.63, 3.8) is 0 Å². The minimum Gasteiger partial charge on any atom is -0.463 e. The van der Waals surface area contributed by atoms with Gasteiger partial charge in [0.2, 0.25) is 0 Å². The van der Waals surface area contributed by atoms with Crippen LogP contribution in [0.5, 0.6) is 0 Å². The summed E-state index contributed by atoms with van der Waals surface area (Å²) in [5.41, 5.74) is 0. The first-order valence-electron chi connectivity index (χ1n) is 32.2. The number of aliphatic hydroxyl groups excluding tert-OH is 2. The topological polar surface area (TPSA) is 106 Å². The van der Waals surface area contributed by atoms with Gasteiger partial charge in [0.15, 0.2) is 0 Å². The van der Waals surface area contributed by atoms with Crippen LogP contribution in [-0.2, 0) is 14.3 Å². The van der Waals surface area contributed by atoms with Crippen LogP contribution in [-0.4, -0.2) is 128 Å². The van der Waals surface area contributed by atoms with Crippen LogP contribution in [0.1, 0.15) is 278 Å². The van der Waals surface area contributed by atoms with Gasteiger partial charge in [-0.05, 0) is 71.3 Å². The second-order valence-corrected chi connectivity index (χ2v) is 22.2. The first-order valence-corrected chi connectivity index (χ1v) is 32.2. The lowest BCUT2D eigenvalue weighted by atomic mass is 10.0. The van der Waals surface area contributed by atoms with E-state index in [0.29, 0.717) is 45.9 Å². The lowest BCUT2D eigenvalue weighted by Gasteiger charge is -2.29. The van der Waals surface area contributed by atoms with Gasteiger partial charge in [-0.15, -0.1) is 0 Å². The highest BCUT2D eigenvalue weighted by Crippen LogP contribution is 2.16. The number of nitrogens with one attached hydrogen (secondary N) is 1. The van der Waals surface area contributed by atoms with E-state index in [2.05, 4.69) is 52.9 Å². The minimum atomic E-state index is -0.500. The van der Waals surface area contributed by atoms with Crippen LogP contribution >= 0.6 is 0 Å². The highest BCUT2D eigenvalue weighted by molar-refractivity contribution is 5.81. The van der Waals surface area contributed by atoms with Crippen molar-refractivity contribution in [1.82, 2.24) is 20.0 Å². The fourth-order valence-corrected chi connectivity index (χ4v) is 10.2. The predicted molar refractivity (Wildman–Crippen MR) is 321 cm³/mol. The third-order valence-electron chi connectivity index (χ3n) is 14.8. The molecule has 0 saturated carbocycles. The molecule has 0 aromatic heterocycles. The largest absolute Gasteiger partial charge is 0.463 e. The number of unbranched alkanes of at least 4 members (excludes halogenated alkanes) is 35. The van der Waals surface area contributed by atoms with Crippen LogP contribution in [0.4, 0.5) is 0 Å². The number of rotatable bonds is 61. The summed E-state index contributed by atoms with van der Waals surface area (Å²) in [7, 11) is 0.